The van der Waals surface area contributed by atoms with Crippen LogP contribution < -0.4 is 5.32 Å². The second-order valence-corrected chi connectivity index (χ2v) is 3.93. The molecular formula is C7H11F2NOS. The number of thioether (sulfide) groups is 1. The summed E-state index contributed by atoms with van der Waals surface area (Å²) >= 11 is 1.80. The van der Waals surface area contributed by atoms with Gasteiger partial charge in [-0.1, -0.05) is 0 Å². The highest BCUT2D eigenvalue weighted by Gasteiger charge is 2.19. The molecule has 1 atom stereocenters. The van der Waals surface area contributed by atoms with Crippen LogP contribution in [0.1, 0.15) is 6.42 Å². The van der Waals surface area contributed by atoms with Crippen molar-refractivity contribution in [2.24, 2.45) is 5.92 Å². The van der Waals surface area contributed by atoms with Gasteiger partial charge >= 0.3 is 6.43 Å². The van der Waals surface area contributed by atoms with E-state index < -0.39 is 12.3 Å². The standard InChI is InChI=1S/C7H11F2NOS/c8-6(9)7(11)10-3-5-1-2-12-4-5/h5-6H,1-4H2,(H,10,11). The van der Waals surface area contributed by atoms with Gasteiger partial charge in [-0.05, 0) is 23.8 Å². The zero-order valence-corrected chi connectivity index (χ0v) is 7.37. The SMILES string of the molecule is O=C(NCC1CCSC1)C(F)F. The van der Waals surface area contributed by atoms with Gasteiger partial charge in [0.2, 0.25) is 0 Å². The van der Waals surface area contributed by atoms with Crippen molar-refractivity contribution < 1.29 is 13.6 Å². The molecule has 1 amide bonds. The zero-order valence-electron chi connectivity index (χ0n) is 6.56. The topological polar surface area (TPSA) is 29.1 Å². The summed E-state index contributed by atoms with van der Waals surface area (Å²) < 4.78 is 23.4. The Morgan fingerprint density at radius 1 is 1.67 bits per heavy atom. The monoisotopic (exact) mass is 195 g/mol. The van der Waals surface area contributed by atoms with Crippen LogP contribution in [-0.2, 0) is 4.79 Å². The normalized spacial score (nSPS) is 23.1. The number of carbonyl (C=O) groups excluding carboxylic acids is 1. The molecule has 0 radical (unpaired) electrons. The van der Waals surface area contributed by atoms with E-state index in [1.807, 2.05) is 0 Å². The van der Waals surface area contributed by atoms with E-state index in [1.54, 1.807) is 11.8 Å². The first-order valence-corrected chi connectivity index (χ1v) is 4.99. The maximum absolute atomic E-state index is 11.7. The molecule has 70 valence electrons. The fourth-order valence-corrected chi connectivity index (χ4v) is 2.35. The summed E-state index contributed by atoms with van der Waals surface area (Å²) in [6.45, 7) is 0.399. The van der Waals surface area contributed by atoms with Gasteiger partial charge in [-0.2, -0.15) is 20.5 Å². The molecule has 0 aromatic carbocycles. The van der Waals surface area contributed by atoms with Crippen molar-refractivity contribution in [2.45, 2.75) is 12.8 Å². The Morgan fingerprint density at radius 3 is 2.92 bits per heavy atom. The van der Waals surface area contributed by atoms with Crippen LogP contribution in [0.25, 0.3) is 0 Å². The summed E-state index contributed by atoms with van der Waals surface area (Å²) in [5.41, 5.74) is 0. The second-order valence-electron chi connectivity index (χ2n) is 2.78. The lowest BCUT2D eigenvalue weighted by Crippen LogP contribution is -2.33. The molecule has 0 aromatic rings. The van der Waals surface area contributed by atoms with Crippen LogP contribution in [0.15, 0.2) is 0 Å². The first-order valence-electron chi connectivity index (χ1n) is 3.83. The molecule has 2 nitrogen and oxygen atoms in total. The lowest BCUT2D eigenvalue weighted by atomic mass is 10.1. The number of hydrogen-bond acceptors (Lipinski definition) is 2. The van der Waals surface area contributed by atoms with Crippen molar-refractivity contribution in [2.75, 3.05) is 18.1 Å². The van der Waals surface area contributed by atoms with E-state index in [9.17, 15) is 13.6 Å². The molecule has 1 fully saturated rings. The van der Waals surface area contributed by atoms with Gasteiger partial charge < -0.3 is 5.32 Å². The lowest BCUT2D eigenvalue weighted by Gasteiger charge is -2.08. The molecule has 1 heterocycles. The molecule has 1 unspecified atom stereocenters. The third-order valence-corrected chi connectivity index (χ3v) is 3.02. The van der Waals surface area contributed by atoms with Crippen LogP contribution in [0, 0.1) is 5.92 Å². The van der Waals surface area contributed by atoms with E-state index in [0.717, 1.165) is 17.9 Å². The van der Waals surface area contributed by atoms with Gasteiger partial charge in [0.25, 0.3) is 5.91 Å². The van der Waals surface area contributed by atoms with E-state index in [4.69, 9.17) is 0 Å². The molecule has 1 aliphatic rings. The summed E-state index contributed by atoms with van der Waals surface area (Å²) in [6.07, 6.45) is -1.85. The van der Waals surface area contributed by atoms with Crippen LogP contribution in [0.3, 0.4) is 0 Å². The van der Waals surface area contributed by atoms with Gasteiger partial charge in [-0.3, -0.25) is 4.79 Å². The number of nitrogens with one attached hydrogen (secondary N) is 1. The maximum Gasteiger partial charge on any atom is 0.315 e. The van der Waals surface area contributed by atoms with Crippen LogP contribution >= 0.6 is 11.8 Å². The highest BCUT2D eigenvalue weighted by Crippen LogP contribution is 2.22. The van der Waals surface area contributed by atoms with E-state index >= 15 is 0 Å². The van der Waals surface area contributed by atoms with Gasteiger partial charge in [-0.25, -0.2) is 0 Å². The van der Waals surface area contributed by atoms with Gasteiger partial charge in [0, 0.05) is 6.54 Å². The van der Waals surface area contributed by atoms with Crippen molar-refractivity contribution in [3.05, 3.63) is 0 Å². The van der Waals surface area contributed by atoms with Crippen LogP contribution in [0.4, 0.5) is 8.78 Å². The Kier molecular flexibility index (Phi) is 3.78. The number of hydrogen-bond donors (Lipinski definition) is 1. The molecule has 5 heteroatoms. The first-order chi connectivity index (χ1) is 5.70. The van der Waals surface area contributed by atoms with Gasteiger partial charge in [0.15, 0.2) is 0 Å². The minimum atomic E-state index is -2.88. The summed E-state index contributed by atoms with van der Waals surface area (Å²) in [6, 6.07) is 0. The average molecular weight is 195 g/mol. The molecule has 12 heavy (non-hydrogen) atoms. The van der Waals surface area contributed by atoms with E-state index in [-0.39, 0.29) is 0 Å². The molecule has 0 bridgehead atoms. The zero-order chi connectivity index (χ0) is 8.97. The second kappa shape index (κ2) is 4.64. The Bertz CT molecular complexity index is 159. The number of amides is 1. The Balaban J connectivity index is 2.12. The van der Waals surface area contributed by atoms with Crippen LogP contribution in [0.2, 0.25) is 0 Å². The Labute approximate surface area is 74.1 Å². The van der Waals surface area contributed by atoms with Crippen LogP contribution in [0.5, 0.6) is 0 Å². The number of halogens is 2. The largest absolute Gasteiger partial charge is 0.351 e. The fraction of sp³-hybridized carbons (Fsp3) is 0.857. The molecule has 1 N–H and O–H groups in total. The summed E-state index contributed by atoms with van der Waals surface area (Å²) in [5, 5.41) is 2.22. The molecule has 1 aliphatic heterocycles. The van der Waals surface area contributed by atoms with E-state index in [2.05, 4.69) is 5.32 Å². The lowest BCUT2D eigenvalue weighted by molar-refractivity contribution is -0.131. The molecular weight excluding hydrogens is 184 g/mol. The van der Waals surface area contributed by atoms with E-state index in [0.29, 0.717) is 12.5 Å². The molecule has 0 aliphatic carbocycles. The number of rotatable bonds is 3. The van der Waals surface area contributed by atoms with Gasteiger partial charge in [-0.15, -0.1) is 0 Å². The molecule has 0 spiro atoms. The molecule has 1 saturated heterocycles. The number of alkyl halides is 2. The third-order valence-electron chi connectivity index (χ3n) is 1.79. The Morgan fingerprint density at radius 2 is 2.42 bits per heavy atom. The quantitative estimate of drug-likeness (QED) is 0.731. The summed E-state index contributed by atoms with van der Waals surface area (Å²) in [4.78, 5) is 10.4. The molecule has 0 saturated carbocycles. The molecule has 0 aromatic heterocycles. The highest BCUT2D eigenvalue weighted by molar-refractivity contribution is 7.99. The Hall–Kier alpha value is -0.320. The predicted octanol–water partition coefficient (Wildman–Crippen LogP) is 1.12. The van der Waals surface area contributed by atoms with Crippen molar-refractivity contribution in [1.82, 2.24) is 5.32 Å². The molecule has 1 rings (SSSR count). The van der Waals surface area contributed by atoms with Crippen molar-refractivity contribution in [3.8, 4) is 0 Å². The van der Waals surface area contributed by atoms with E-state index in [1.165, 1.54) is 0 Å². The number of carbonyl (C=O) groups is 1. The highest BCUT2D eigenvalue weighted by atomic mass is 32.2. The minimum absolute atomic E-state index is 0.387. The first kappa shape index (κ1) is 9.77. The van der Waals surface area contributed by atoms with Crippen molar-refractivity contribution >= 4 is 17.7 Å². The van der Waals surface area contributed by atoms with Crippen molar-refractivity contribution in [1.29, 1.82) is 0 Å². The smallest absolute Gasteiger partial charge is 0.315 e. The predicted molar refractivity (Wildman–Crippen MR) is 44.4 cm³/mol. The van der Waals surface area contributed by atoms with Crippen LogP contribution in [-0.4, -0.2) is 30.4 Å². The summed E-state index contributed by atoms with van der Waals surface area (Å²) in [5.74, 6) is 1.29. The fourth-order valence-electron chi connectivity index (χ4n) is 1.07. The third kappa shape index (κ3) is 2.97. The van der Waals surface area contributed by atoms with Gasteiger partial charge in [0.1, 0.15) is 0 Å². The minimum Gasteiger partial charge on any atom is -0.351 e. The maximum atomic E-state index is 11.7. The van der Waals surface area contributed by atoms with Gasteiger partial charge in [0.05, 0.1) is 0 Å². The summed E-state index contributed by atoms with van der Waals surface area (Å²) in [7, 11) is 0. The van der Waals surface area contributed by atoms with Crippen molar-refractivity contribution in [3.63, 3.8) is 0 Å². The average Bonchev–Trinajstić information content (AvgIpc) is 2.51.